The van der Waals surface area contributed by atoms with Crippen molar-refractivity contribution in [3.05, 3.63) is 52.3 Å². The van der Waals surface area contributed by atoms with Crippen LogP contribution in [-0.4, -0.2) is 69.0 Å². The Labute approximate surface area is 200 Å². The number of nitrogens with zero attached hydrogens (tertiary/aromatic N) is 3. The van der Waals surface area contributed by atoms with E-state index in [1.807, 2.05) is 0 Å². The second kappa shape index (κ2) is 11.1. The van der Waals surface area contributed by atoms with Crippen LogP contribution in [0, 0.1) is 10.1 Å². The molecule has 35 heavy (non-hydrogen) atoms. The molecule has 0 spiro atoms. The molecule has 1 unspecified atom stereocenters. The normalized spacial score (nSPS) is 18.3. The number of nitro benzene ring substituents is 1. The van der Waals surface area contributed by atoms with E-state index in [1.165, 1.54) is 30.3 Å². The first kappa shape index (κ1) is 25.8. The molecule has 1 aromatic carbocycles. The Morgan fingerprint density at radius 1 is 1.26 bits per heavy atom. The molecule has 188 valence electrons. The molecule has 2 aromatic rings. The van der Waals surface area contributed by atoms with Crippen LogP contribution in [0.3, 0.4) is 0 Å². The second-order valence-electron chi connectivity index (χ2n) is 8.31. The summed E-state index contributed by atoms with van der Waals surface area (Å²) in [6, 6.07) is 5.61. The zero-order valence-electron chi connectivity index (χ0n) is 18.9. The van der Waals surface area contributed by atoms with Crippen molar-refractivity contribution in [3.63, 3.8) is 0 Å². The molecule has 0 bridgehead atoms. The number of likely N-dealkylation sites (tertiary alicyclic amines) is 1. The Balaban J connectivity index is 1.74. The zero-order valence-corrected chi connectivity index (χ0v) is 18.9. The predicted octanol–water partition coefficient (Wildman–Crippen LogP) is 0.597. The largest absolute Gasteiger partial charge is 0.451 e. The molecule has 3 amide bonds. The molecule has 0 aliphatic carbocycles. The first-order chi connectivity index (χ1) is 16.6. The molecule has 0 saturated carbocycles. The van der Waals surface area contributed by atoms with Gasteiger partial charge in [0.1, 0.15) is 11.8 Å². The lowest BCUT2D eigenvalue weighted by Crippen LogP contribution is -2.48. The maximum atomic E-state index is 13.1. The Morgan fingerprint density at radius 3 is 2.66 bits per heavy atom. The number of nitro groups is 1. The topological polar surface area (TPSA) is 212 Å². The van der Waals surface area contributed by atoms with Crippen molar-refractivity contribution >= 4 is 23.4 Å². The Hall–Kier alpha value is -3.81. The van der Waals surface area contributed by atoms with Crippen LogP contribution < -0.4 is 17.2 Å². The number of rotatable bonds is 10. The summed E-state index contributed by atoms with van der Waals surface area (Å²) in [7, 11) is 0. The van der Waals surface area contributed by atoms with Crippen molar-refractivity contribution in [2.24, 2.45) is 17.2 Å². The van der Waals surface area contributed by atoms with Gasteiger partial charge >= 0.3 is 0 Å². The molecule has 7 N–H and O–H groups in total. The number of amides is 3. The van der Waals surface area contributed by atoms with Crippen LogP contribution in [0.25, 0.3) is 11.3 Å². The quantitative estimate of drug-likeness (QED) is 0.159. The maximum Gasteiger partial charge on any atom is 0.290 e. The van der Waals surface area contributed by atoms with Crippen molar-refractivity contribution in [1.29, 1.82) is 0 Å². The van der Waals surface area contributed by atoms with E-state index >= 15 is 0 Å². The van der Waals surface area contributed by atoms with Crippen molar-refractivity contribution in [3.8, 4) is 11.3 Å². The fourth-order valence-corrected chi connectivity index (χ4v) is 3.99. The lowest BCUT2D eigenvalue weighted by molar-refractivity contribution is -0.384. The number of nitrogens with two attached hydrogens (primary N) is 3. The minimum Gasteiger partial charge on any atom is -0.451 e. The van der Waals surface area contributed by atoms with E-state index in [2.05, 4.69) is 0 Å². The van der Waals surface area contributed by atoms with Gasteiger partial charge in [-0.2, -0.15) is 0 Å². The first-order valence-electron chi connectivity index (χ1n) is 11.1. The summed E-state index contributed by atoms with van der Waals surface area (Å²) in [5.74, 6) is -2.13. The number of carbonyl (C=O) groups excluding carboxylic acids is 3. The Kier molecular flexibility index (Phi) is 8.17. The monoisotopic (exact) mass is 488 g/mol. The number of hydroxylamine groups is 2. The average molecular weight is 489 g/mol. The van der Waals surface area contributed by atoms with Crippen LogP contribution in [0.4, 0.5) is 5.69 Å². The lowest BCUT2D eigenvalue weighted by atomic mass is 10.1. The van der Waals surface area contributed by atoms with Gasteiger partial charge in [0.2, 0.25) is 5.91 Å². The van der Waals surface area contributed by atoms with E-state index in [1.54, 1.807) is 6.07 Å². The van der Waals surface area contributed by atoms with Crippen molar-refractivity contribution in [2.45, 2.75) is 43.8 Å². The molecule has 1 aliphatic heterocycles. The molecule has 3 rings (SSSR count). The molecule has 0 radical (unpaired) electrons. The van der Waals surface area contributed by atoms with E-state index in [9.17, 15) is 29.7 Å². The molecule has 3 atom stereocenters. The highest BCUT2D eigenvalue weighted by atomic mass is 16.6. The predicted molar refractivity (Wildman–Crippen MR) is 123 cm³/mol. The molecule has 1 saturated heterocycles. The molecule has 1 aliphatic rings. The molecular weight excluding hydrogens is 460 g/mol. The molecule has 13 heteroatoms. The van der Waals surface area contributed by atoms with E-state index in [4.69, 9.17) is 21.6 Å². The van der Waals surface area contributed by atoms with E-state index < -0.39 is 40.8 Å². The van der Waals surface area contributed by atoms with Crippen LogP contribution in [0.2, 0.25) is 0 Å². The minimum atomic E-state index is -1.09. The fourth-order valence-electron chi connectivity index (χ4n) is 3.99. The van der Waals surface area contributed by atoms with Crippen LogP contribution in [-0.2, 0) is 9.59 Å². The van der Waals surface area contributed by atoms with Crippen molar-refractivity contribution < 1.29 is 28.9 Å². The third kappa shape index (κ3) is 5.82. The number of furan rings is 1. The highest BCUT2D eigenvalue weighted by Gasteiger charge is 2.43. The van der Waals surface area contributed by atoms with Crippen LogP contribution in [0.1, 0.15) is 36.2 Å². The van der Waals surface area contributed by atoms with Gasteiger partial charge < -0.3 is 26.5 Å². The molecule has 2 heterocycles. The number of hydrogen-bond acceptors (Lipinski definition) is 9. The SMILES string of the molecule is NCCCC[C@H](N)C(=O)N(O)C1C[C@@H](C(N)=O)N(C(=O)c2ccc(-c3cccc([N+](=O)[O-])c3)o2)C1. The Morgan fingerprint density at radius 2 is 2.00 bits per heavy atom. The van der Waals surface area contributed by atoms with Crippen LogP contribution in [0.5, 0.6) is 0 Å². The second-order valence-corrected chi connectivity index (χ2v) is 8.31. The van der Waals surface area contributed by atoms with Gasteiger partial charge in [-0.05, 0) is 31.5 Å². The summed E-state index contributed by atoms with van der Waals surface area (Å²) in [6.45, 7) is 0.288. The van der Waals surface area contributed by atoms with Crippen molar-refractivity contribution in [1.82, 2.24) is 9.96 Å². The van der Waals surface area contributed by atoms with Gasteiger partial charge in [-0.3, -0.25) is 29.7 Å². The van der Waals surface area contributed by atoms with Crippen LogP contribution in [0.15, 0.2) is 40.8 Å². The summed E-state index contributed by atoms with van der Waals surface area (Å²) in [5, 5.41) is 21.9. The Bertz CT molecular complexity index is 1100. The summed E-state index contributed by atoms with van der Waals surface area (Å²) < 4.78 is 5.60. The first-order valence-corrected chi connectivity index (χ1v) is 11.1. The number of hydrogen-bond donors (Lipinski definition) is 4. The van der Waals surface area contributed by atoms with Gasteiger partial charge in [0.25, 0.3) is 17.5 Å². The number of non-ortho nitro benzene ring substituents is 1. The highest BCUT2D eigenvalue weighted by molar-refractivity contribution is 5.96. The number of carbonyl (C=O) groups is 3. The van der Waals surface area contributed by atoms with Crippen molar-refractivity contribution in [2.75, 3.05) is 13.1 Å². The zero-order chi connectivity index (χ0) is 25.7. The lowest BCUT2D eigenvalue weighted by Gasteiger charge is -2.25. The standard InChI is InChI=1S/C22H28N6O7/c23-9-2-1-6-16(24)21(30)27(32)15-11-17(20(25)29)26(12-15)22(31)19-8-7-18(35-19)13-4-3-5-14(10-13)28(33)34/h3-5,7-8,10,15-17,32H,1-2,6,9,11-12,23-24H2,(H2,25,29)/t15?,16-,17-/m0/s1. The maximum absolute atomic E-state index is 13.1. The number of unbranched alkanes of at least 4 members (excludes halogenated alkanes) is 1. The molecule has 13 nitrogen and oxygen atoms in total. The number of primary amides is 1. The third-order valence-electron chi connectivity index (χ3n) is 5.88. The van der Waals surface area contributed by atoms with Gasteiger partial charge in [0, 0.05) is 30.7 Å². The molecule has 1 fully saturated rings. The van der Waals surface area contributed by atoms with Gasteiger partial charge in [0.15, 0.2) is 5.76 Å². The number of benzene rings is 1. The van der Waals surface area contributed by atoms with Crippen LogP contribution >= 0.6 is 0 Å². The average Bonchev–Trinajstić information content (AvgIpc) is 3.51. The fraction of sp³-hybridized carbons (Fsp3) is 0.409. The van der Waals surface area contributed by atoms with Gasteiger partial charge in [-0.1, -0.05) is 18.6 Å². The summed E-state index contributed by atoms with van der Waals surface area (Å²) in [5.41, 5.74) is 17.0. The highest BCUT2D eigenvalue weighted by Crippen LogP contribution is 2.29. The smallest absolute Gasteiger partial charge is 0.290 e. The van der Waals surface area contributed by atoms with E-state index in [0.717, 1.165) is 4.90 Å². The van der Waals surface area contributed by atoms with Gasteiger partial charge in [-0.15, -0.1) is 0 Å². The molecular formula is C22H28N6O7. The minimum absolute atomic E-state index is 0.0721. The summed E-state index contributed by atoms with van der Waals surface area (Å²) in [6.07, 6.45) is 1.55. The van der Waals surface area contributed by atoms with E-state index in [0.29, 0.717) is 36.4 Å². The van der Waals surface area contributed by atoms with E-state index in [-0.39, 0.29) is 30.2 Å². The summed E-state index contributed by atoms with van der Waals surface area (Å²) in [4.78, 5) is 49.3. The summed E-state index contributed by atoms with van der Waals surface area (Å²) >= 11 is 0. The molecule has 1 aromatic heterocycles. The van der Waals surface area contributed by atoms with Gasteiger partial charge in [-0.25, -0.2) is 5.06 Å². The van der Waals surface area contributed by atoms with Gasteiger partial charge in [0.05, 0.1) is 17.0 Å². The third-order valence-corrected chi connectivity index (χ3v) is 5.88.